The Bertz CT molecular complexity index is 620. The van der Waals surface area contributed by atoms with Gasteiger partial charge < -0.3 is 9.74 Å². The molecule has 1 N–H and O–H groups in total. The van der Waals surface area contributed by atoms with E-state index in [1.54, 1.807) is 0 Å². The van der Waals surface area contributed by atoms with Crippen LogP contribution in [0.3, 0.4) is 0 Å². The van der Waals surface area contributed by atoms with Crippen LogP contribution in [0.15, 0.2) is 24.3 Å². The van der Waals surface area contributed by atoms with E-state index >= 15 is 0 Å². The molecule has 0 bridgehead atoms. The molecule has 0 radical (unpaired) electrons. The molecule has 1 aromatic rings. The topological polar surface area (TPSA) is 38.3 Å². The highest BCUT2D eigenvalue weighted by atomic mass is 28.4. The zero-order chi connectivity index (χ0) is 17.5. The number of anilines is 1. The highest BCUT2D eigenvalue weighted by molar-refractivity contribution is 6.74. The molecular formula is C20H31NO2Si. The van der Waals surface area contributed by atoms with Crippen LogP contribution in [0, 0.1) is 11.8 Å². The van der Waals surface area contributed by atoms with Crippen molar-refractivity contribution in [2.24, 2.45) is 11.8 Å². The first-order valence-corrected chi connectivity index (χ1v) is 12.1. The molecule has 1 fully saturated rings. The van der Waals surface area contributed by atoms with Gasteiger partial charge in [0.25, 0.3) is 0 Å². The Hall–Kier alpha value is -1.13. The predicted molar refractivity (Wildman–Crippen MR) is 102 cm³/mol. The Balaban J connectivity index is 1.61. The monoisotopic (exact) mass is 345 g/mol. The van der Waals surface area contributed by atoms with Crippen LogP contribution in [0.5, 0.6) is 0 Å². The van der Waals surface area contributed by atoms with Crippen molar-refractivity contribution in [2.45, 2.75) is 64.1 Å². The number of rotatable bonds is 4. The molecule has 1 heterocycles. The van der Waals surface area contributed by atoms with E-state index in [2.05, 4.69) is 51.3 Å². The minimum Gasteiger partial charge on any atom is -0.417 e. The summed E-state index contributed by atoms with van der Waals surface area (Å²) < 4.78 is 6.34. The SMILES string of the molecule is CC(C)(C)[Si](C)(C)OCCC1CC2C(=O)Nc3ccccc3C2C1. The first-order valence-electron chi connectivity index (χ1n) is 9.23. The first-order chi connectivity index (χ1) is 11.2. The average molecular weight is 346 g/mol. The lowest BCUT2D eigenvalue weighted by Gasteiger charge is -2.36. The van der Waals surface area contributed by atoms with E-state index in [0.29, 0.717) is 11.8 Å². The molecule has 1 aromatic carbocycles. The van der Waals surface area contributed by atoms with Crippen molar-refractivity contribution < 1.29 is 9.22 Å². The van der Waals surface area contributed by atoms with E-state index in [1.807, 2.05) is 12.1 Å². The predicted octanol–water partition coefficient (Wildman–Crippen LogP) is 5.16. The molecular weight excluding hydrogens is 314 g/mol. The molecule has 4 heteroatoms. The zero-order valence-corrected chi connectivity index (χ0v) is 16.7. The molecule has 24 heavy (non-hydrogen) atoms. The lowest BCUT2D eigenvalue weighted by atomic mass is 9.84. The number of amides is 1. The summed E-state index contributed by atoms with van der Waals surface area (Å²) in [6.07, 6.45) is 3.20. The van der Waals surface area contributed by atoms with Crippen LogP contribution in [0.4, 0.5) is 5.69 Å². The number of carbonyl (C=O) groups excluding carboxylic acids is 1. The normalized spacial score (nSPS) is 26.7. The molecule has 3 unspecified atom stereocenters. The van der Waals surface area contributed by atoms with E-state index in [9.17, 15) is 4.79 Å². The smallest absolute Gasteiger partial charge is 0.228 e. The second kappa shape index (κ2) is 6.30. The van der Waals surface area contributed by atoms with Crippen LogP contribution < -0.4 is 5.32 Å². The molecule has 132 valence electrons. The summed E-state index contributed by atoms with van der Waals surface area (Å²) in [5, 5.41) is 3.35. The maximum atomic E-state index is 12.4. The van der Waals surface area contributed by atoms with E-state index in [-0.39, 0.29) is 16.9 Å². The van der Waals surface area contributed by atoms with Gasteiger partial charge in [0, 0.05) is 18.2 Å². The molecule has 0 spiro atoms. The Kier molecular flexibility index (Phi) is 4.64. The number of fused-ring (bicyclic) bond motifs is 3. The zero-order valence-electron chi connectivity index (χ0n) is 15.7. The largest absolute Gasteiger partial charge is 0.417 e. The Labute approximate surface area is 147 Å². The minimum atomic E-state index is -1.67. The van der Waals surface area contributed by atoms with Gasteiger partial charge in [-0.3, -0.25) is 4.79 Å². The minimum absolute atomic E-state index is 0.151. The third kappa shape index (κ3) is 3.31. The van der Waals surface area contributed by atoms with E-state index in [4.69, 9.17) is 4.43 Å². The van der Waals surface area contributed by atoms with Gasteiger partial charge in [-0.05, 0) is 60.9 Å². The Morgan fingerprint density at radius 3 is 2.54 bits per heavy atom. The van der Waals surface area contributed by atoms with Crippen LogP contribution >= 0.6 is 0 Å². The van der Waals surface area contributed by atoms with Gasteiger partial charge in [-0.1, -0.05) is 39.0 Å². The van der Waals surface area contributed by atoms with Crippen molar-refractivity contribution in [3.63, 3.8) is 0 Å². The summed E-state index contributed by atoms with van der Waals surface area (Å²) in [5.41, 5.74) is 2.34. The third-order valence-corrected chi connectivity index (χ3v) is 10.9. The molecule has 0 aromatic heterocycles. The maximum absolute atomic E-state index is 12.4. The maximum Gasteiger partial charge on any atom is 0.228 e. The van der Waals surface area contributed by atoms with Crippen LogP contribution in [0.25, 0.3) is 0 Å². The van der Waals surface area contributed by atoms with Gasteiger partial charge in [0.15, 0.2) is 8.32 Å². The summed E-state index contributed by atoms with van der Waals surface area (Å²) in [4.78, 5) is 12.4. The van der Waals surface area contributed by atoms with E-state index in [1.165, 1.54) is 5.56 Å². The van der Waals surface area contributed by atoms with Gasteiger partial charge in [0.05, 0.1) is 0 Å². The second-order valence-corrected chi connectivity index (χ2v) is 13.8. The lowest BCUT2D eigenvalue weighted by Crippen LogP contribution is -2.41. The van der Waals surface area contributed by atoms with E-state index < -0.39 is 8.32 Å². The molecule has 2 aliphatic rings. The summed E-state index contributed by atoms with van der Waals surface area (Å²) in [6, 6.07) is 8.29. The van der Waals surface area contributed by atoms with Crippen LogP contribution in [0.1, 0.15) is 51.5 Å². The lowest BCUT2D eigenvalue weighted by molar-refractivity contribution is -0.120. The second-order valence-electron chi connectivity index (χ2n) is 9.02. The van der Waals surface area contributed by atoms with Crippen molar-refractivity contribution in [1.82, 2.24) is 0 Å². The Morgan fingerprint density at radius 2 is 1.83 bits per heavy atom. The fourth-order valence-electron chi connectivity index (χ4n) is 3.87. The molecule has 3 rings (SSSR count). The van der Waals surface area contributed by atoms with Gasteiger partial charge in [-0.2, -0.15) is 0 Å². The van der Waals surface area contributed by atoms with Crippen molar-refractivity contribution in [3.8, 4) is 0 Å². The van der Waals surface area contributed by atoms with Crippen LogP contribution in [-0.4, -0.2) is 20.8 Å². The molecule has 1 aliphatic carbocycles. The van der Waals surface area contributed by atoms with Crippen molar-refractivity contribution in [2.75, 3.05) is 11.9 Å². The van der Waals surface area contributed by atoms with Crippen molar-refractivity contribution in [1.29, 1.82) is 0 Å². The highest BCUT2D eigenvalue weighted by Gasteiger charge is 2.43. The number of carbonyl (C=O) groups is 1. The molecule has 3 nitrogen and oxygen atoms in total. The molecule has 1 aliphatic heterocycles. The van der Waals surface area contributed by atoms with Gasteiger partial charge in [0.2, 0.25) is 5.91 Å². The molecule has 1 amide bonds. The van der Waals surface area contributed by atoms with Gasteiger partial charge in [-0.25, -0.2) is 0 Å². The van der Waals surface area contributed by atoms with Gasteiger partial charge in [0.1, 0.15) is 0 Å². The number of hydrogen-bond acceptors (Lipinski definition) is 2. The summed E-state index contributed by atoms with van der Waals surface area (Å²) in [7, 11) is -1.67. The standard InChI is InChI=1S/C20H31NO2Si/c1-20(2,3)24(4,5)23-11-10-14-12-16-15-8-6-7-9-18(15)21-19(22)17(16)13-14/h6-9,14,16-17H,10-13H2,1-5H3,(H,21,22). The summed E-state index contributed by atoms with van der Waals surface area (Å²) in [6.45, 7) is 12.3. The fourth-order valence-corrected chi connectivity index (χ4v) is 4.93. The molecule has 3 atom stereocenters. The average Bonchev–Trinajstić information content (AvgIpc) is 2.91. The summed E-state index contributed by atoms with van der Waals surface area (Å²) in [5.74, 6) is 1.36. The van der Waals surface area contributed by atoms with E-state index in [0.717, 1.165) is 31.6 Å². The summed E-state index contributed by atoms with van der Waals surface area (Å²) >= 11 is 0. The van der Waals surface area contributed by atoms with Crippen LogP contribution in [-0.2, 0) is 9.22 Å². The van der Waals surface area contributed by atoms with Crippen molar-refractivity contribution in [3.05, 3.63) is 29.8 Å². The first kappa shape index (κ1) is 17.7. The fraction of sp³-hybridized carbons (Fsp3) is 0.650. The number of nitrogens with one attached hydrogen (secondary N) is 1. The quantitative estimate of drug-likeness (QED) is 0.765. The highest BCUT2D eigenvalue weighted by Crippen LogP contribution is 2.49. The van der Waals surface area contributed by atoms with Gasteiger partial charge in [-0.15, -0.1) is 0 Å². The number of para-hydroxylation sites is 1. The van der Waals surface area contributed by atoms with Crippen molar-refractivity contribution >= 4 is 19.9 Å². The van der Waals surface area contributed by atoms with Gasteiger partial charge >= 0.3 is 0 Å². The number of benzene rings is 1. The molecule has 1 saturated carbocycles. The third-order valence-electron chi connectivity index (χ3n) is 6.41. The van der Waals surface area contributed by atoms with Crippen LogP contribution in [0.2, 0.25) is 18.1 Å². The molecule has 0 saturated heterocycles. The Morgan fingerprint density at radius 1 is 1.17 bits per heavy atom. The number of hydrogen-bond donors (Lipinski definition) is 1.